The molecule has 1 saturated heterocycles. The Kier molecular flexibility index (Phi) is 5.39. The zero-order valence-corrected chi connectivity index (χ0v) is 18.7. The largest absolute Gasteiger partial charge is 0.479 e. The third-order valence-electron chi connectivity index (χ3n) is 6.06. The summed E-state index contributed by atoms with van der Waals surface area (Å²) in [5.41, 5.74) is 2.05. The standard InChI is InChI=1S/C24H26N4O5/c1-26(2)22(29)14-27-13-15-3-4-16(11-19(15)23(27)30)28-10-9-20(24(28)31)32-18-7-8-21(25-12-18)33-17-5-6-17/h3-4,7-8,11-12,17,20H,5-6,9-10,13-14H2,1-2H3/t20-/m1/s1. The van der Waals surface area contributed by atoms with Crippen LogP contribution in [0.25, 0.3) is 0 Å². The molecule has 0 bridgehead atoms. The van der Waals surface area contributed by atoms with Gasteiger partial charge in [0.2, 0.25) is 11.8 Å². The van der Waals surface area contributed by atoms with Crippen LogP contribution in [0.3, 0.4) is 0 Å². The van der Waals surface area contributed by atoms with Crippen molar-refractivity contribution in [3.8, 4) is 11.6 Å². The number of likely N-dealkylation sites (N-methyl/N-ethyl adjacent to an activating group) is 1. The van der Waals surface area contributed by atoms with E-state index in [0.29, 0.717) is 42.4 Å². The molecule has 1 aromatic carbocycles. The topological polar surface area (TPSA) is 92.3 Å². The fourth-order valence-corrected chi connectivity index (χ4v) is 4.00. The van der Waals surface area contributed by atoms with Crippen molar-refractivity contribution in [2.24, 2.45) is 0 Å². The maximum atomic E-state index is 13.0. The monoisotopic (exact) mass is 450 g/mol. The molecule has 3 aliphatic rings. The van der Waals surface area contributed by atoms with Crippen molar-refractivity contribution in [3.05, 3.63) is 47.7 Å². The second kappa shape index (κ2) is 8.38. The van der Waals surface area contributed by atoms with Crippen LogP contribution in [0, 0.1) is 0 Å². The molecule has 0 spiro atoms. The summed E-state index contributed by atoms with van der Waals surface area (Å²) in [6.07, 6.45) is 3.90. The molecule has 2 aromatic rings. The summed E-state index contributed by atoms with van der Waals surface area (Å²) in [4.78, 5) is 46.7. The number of amides is 3. The molecule has 33 heavy (non-hydrogen) atoms. The first-order valence-electron chi connectivity index (χ1n) is 11.1. The zero-order chi connectivity index (χ0) is 23.1. The Bertz CT molecular complexity index is 1100. The van der Waals surface area contributed by atoms with Gasteiger partial charge in [0.1, 0.15) is 18.4 Å². The predicted octanol–water partition coefficient (Wildman–Crippen LogP) is 1.85. The van der Waals surface area contributed by atoms with Crippen LogP contribution < -0.4 is 14.4 Å². The van der Waals surface area contributed by atoms with Crippen molar-refractivity contribution in [2.75, 3.05) is 32.1 Å². The van der Waals surface area contributed by atoms with Crippen LogP contribution in [0.5, 0.6) is 11.6 Å². The molecule has 1 saturated carbocycles. The Morgan fingerprint density at radius 3 is 2.64 bits per heavy atom. The SMILES string of the molecule is CN(C)C(=O)CN1Cc2ccc(N3CC[C@@H](Oc4ccc(OC5CC5)nc4)C3=O)cc2C1=O. The number of hydrogen-bond donors (Lipinski definition) is 0. The van der Waals surface area contributed by atoms with E-state index in [4.69, 9.17) is 9.47 Å². The maximum Gasteiger partial charge on any atom is 0.268 e. The highest BCUT2D eigenvalue weighted by Crippen LogP contribution is 2.31. The normalized spacial score (nSPS) is 19.6. The molecule has 2 aliphatic heterocycles. The molecule has 1 aliphatic carbocycles. The molecule has 2 fully saturated rings. The number of nitrogens with zero attached hydrogens (tertiary/aromatic N) is 4. The Balaban J connectivity index is 1.24. The summed E-state index contributed by atoms with van der Waals surface area (Å²) < 4.78 is 11.5. The van der Waals surface area contributed by atoms with Crippen molar-refractivity contribution >= 4 is 23.4 Å². The maximum absolute atomic E-state index is 13.0. The number of pyridine rings is 1. The molecule has 0 radical (unpaired) electrons. The van der Waals surface area contributed by atoms with Crippen LogP contribution in [-0.4, -0.2) is 71.9 Å². The summed E-state index contributed by atoms with van der Waals surface area (Å²) in [6.45, 7) is 0.920. The number of rotatable bonds is 7. The van der Waals surface area contributed by atoms with Gasteiger partial charge in [-0.1, -0.05) is 6.07 Å². The van der Waals surface area contributed by atoms with Gasteiger partial charge in [0.25, 0.3) is 11.8 Å². The number of ether oxygens (including phenoxy) is 2. The molecule has 172 valence electrons. The van der Waals surface area contributed by atoms with E-state index in [1.165, 1.54) is 9.80 Å². The molecular weight excluding hydrogens is 424 g/mol. The third kappa shape index (κ3) is 4.35. The van der Waals surface area contributed by atoms with E-state index in [0.717, 1.165) is 18.4 Å². The lowest BCUT2D eigenvalue weighted by Gasteiger charge is -2.18. The first-order chi connectivity index (χ1) is 15.9. The van der Waals surface area contributed by atoms with Gasteiger partial charge in [-0.05, 0) is 36.6 Å². The van der Waals surface area contributed by atoms with Gasteiger partial charge in [-0.3, -0.25) is 14.4 Å². The van der Waals surface area contributed by atoms with E-state index >= 15 is 0 Å². The molecule has 0 unspecified atom stereocenters. The second-order valence-corrected chi connectivity index (χ2v) is 8.83. The van der Waals surface area contributed by atoms with Gasteiger partial charge in [-0.25, -0.2) is 4.98 Å². The van der Waals surface area contributed by atoms with Crippen molar-refractivity contribution in [1.82, 2.24) is 14.8 Å². The van der Waals surface area contributed by atoms with Gasteiger partial charge in [-0.15, -0.1) is 0 Å². The highest BCUT2D eigenvalue weighted by molar-refractivity contribution is 6.03. The van der Waals surface area contributed by atoms with Crippen molar-refractivity contribution in [2.45, 2.75) is 38.0 Å². The van der Waals surface area contributed by atoms with Crippen LogP contribution in [-0.2, 0) is 16.1 Å². The highest BCUT2D eigenvalue weighted by Gasteiger charge is 2.36. The lowest BCUT2D eigenvalue weighted by Crippen LogP contribution is -2.36. The van der Waals surface area contributed by atoms with Crippen molar-refractivity contribution in [3.63, 3.8) is 0 Å². The summed E-state index contributed by atoms with van der Waals surface area (Å²) >= 11 is 0. The molecule has 5 rings (SSSR count). The van der Waals surface area contributed by atoms with E-state index in [1.54, 1.807) is 43.4 Å². The van der Waals surface area contributed by atoms with Gasteiger partial charge in [-0.2, -0.15) is 0 Å². The lowest BCUT2D eigenvalue weighted by atomic mass is 10.1. The van der Waals surface area contributed by atoms with E-state index < -0.39 is 6.10 Å². The van der Waals surface area contributed by atoms with Gasteiger partial charge < -0.3 is 24.2 Å². The van der Waals surface area contributed by atoms with Crippen LogP contribution in [0.15, 0.2) is 36.5 Å². The molecule has 3 heterocycles. The van der Waals surface area contributed by atoms with Crippen LogP contribution in [0.4, 0.5) is 5.69 Å². The number of fused-ring (bicyclic) bond motifs is 1. The first kappa shape index (κ1) is 21.2. The fraction of sp³-hybridized carbons (Fsp3) is 0.417. The number of anilines is 1. The van der Waals surface area contributed by atoms with Crippen LogP contribution >= 0.6 is 0 Å². The van der Waals surface area contributed by atoms with Gasteiger partial charge in [0.05, 0.1) is 6.20 Å². The van der Waals surface area contributed by atoms with E-state index in [2.05, 4.69) is 4.98 Å². The molecule has 9 heteroatoms. The quantitative estimate of drug-likeness (QED) is 0.639. The van der Waals surface area contributed by atoms with E-state index in [-0.39, 0.29) is 30.4 Å². The Hall–Kier alpha value is -3.62. The minimum absolute atomic E-state index is 0.0347. The fourth-order valence-electron chi connectivity index (χ4n) is 4.00. The third-order valence-corrected chi connectivity index (χ3v) is 6.06. The molecule has 1 atom stereocenters. The average molecular weight is 450 g/mol. The Morgan fingerprint density at radius 1 is 1.12 bits per heavy atom. The predicted molar refractivity (Wildman–Crippen MR) is 119 cm³/mol. The number of benzene rings is 1. The Labute approximate surface area is 191 Å². The summed E-state index contributed by atoms with van der Waals surface area (Å²) in [7, 11) is 3.33. The van der Waals surface area contributed by atoms with E-state index in [1.807, 2.05) is 12.1 Å². The number of aromatic nitrogens is 1. The van der Waals surface area contributed by atoms with E-state index in [9.17, 15) is 14.4 Å². The summed E-state index contributed by atoms with van der Waals surface area (Å²) in [5, 5.41) is 0. The minimum Gasteiger partial charge on any atom is -0.479 e. The van der Waals surface area contributed by atoms with Gasteiger partial charge in [0.15, 0.2) is 6.10 Å². The van der Waals surface area contributed by atoms with Gasteiger partial charge in [0, 0.05) is 50.9 Å². The Morgan fingerprint density at radius 2 is 1.94 bits per heavy atom. The van der Waals surface area contributed by atoms with Gasteiger partial charge >= 0.3 is 0 Å². The minimum atomic E-state index is -0.611. The molecule has 0 N–H and O–H groups in total. The highest BCUT2D eigenvalue weighted by atomic mass is 16.5. The molecule has 1 aromatic heterocycles. The molecular formula is C24H26N4O5. The van der Waals surface area contributed by atoms with Crippen LogP contribution in [0.2, 0.25) is 0 Å². The average Bonchev–Trinajstić information content (AvgIpc) is 3.48. The molecule has 9 nitrogen and oxygen atoms in total. The van der Waals surface area contributed by atoms with Crippen LogP contribution in [0.1, 0.15) is 35.2 Å². The van der Waals surface area contributed by atoms with Crippen molar-refractivity contribution < 1.29 is 23.9 Å². The number of hydrogen-bond acceptors (Lipinski definition) is 6. The summed E-state index contributed by atoms with van der Waals surface area (Å²) in [5.74, 6) is 0.601. The lowest BCUT2D eigenvalue weighted by molar-refractivity contribution is -0.129. The second-order valence-electron chi connectivity index (χ2n) is 8.83. The van der Waals surface area contributed by atoms with Crippen molar-refractivity contribution in [1.29, 1.82) is 0 Å². The smallest absolute Gasteiger partial charge is 0.268 e. The zero-order valence-electron chi connectivity index (χ0n) is 18.7. The number of carbonyl (C=O) groups is 3. The summed E-state index contributed by atoms with van der Waals surface area (Å²) in [6, 6.07) is 8.95. The molecule has 3 amide bonds. The number of carbonyl (C=O) groups excluding carboxylic acids is 3. The first-order valence-corrected chi connectivity index (χ1v) is 11.1.